The molecular formula is C8H10N2O. The van der Waals surface area contributed by atoms with Crippen LogP contribution in [0.25, 0.3) is 0 Å². The molecule has 2 N–H and O–H groups in total. The summed E-state index contributed by atoms with van der Waals surface area (Å²) in [6, 6.07) is 7.42. The van der Waals surface area contributed by atoms with E-state index in [0.717, 1.165) is 0 Å². The fourth-order valence-electron chi connectivity index (χ4n) is 0.575. The summed E-state index contributed by atoms with van der Waals surface area (Å²) in [4.78, 5) is 0. The highest BCUT2D eigenvalue weighted by atomic mass is 16.3. The third-order valence-corrected chi connectivity index (χ3v) is 1.05. The lowest BCUT2D eigenvalue weighted by Crippen LogP contribution is -2.02. The van der Waals surface area contributed by atoms with Crippen molar-refractivity contribution in [1.82, 2.24) is 4.68 Å². The number of hydrogen-bond acceptors (Lipinski definition) is 2. The van der Waals surface area contributed by atoms with Gasteiger partial charge in [-0.15, -0.1) is 0 Å². The van der Waals surface area contributed by atoms with Crippen LogP contribution in [0.3, 0.4) is 0 Å². The van der Waals surface area contributed by atoms with Crippen LogP contribution in [0.5, 0.6) is 0 Å². The monoisotopic (exact) mass is 150 g/mol. The molecule has 2 rings (SSSR count). The molecule has 0 aliphatic heterocycles. The molecule has 0 radical (unpaired) electrons. The van der Waals surface area contributed by atoms with Crippen molar-refractivity contribution >= 4 is 0 Å². The smallest absolute Gasteiger partial charge is 0.0902 e. The SMILES string of the molecule is Nn1cccc1.c1ccoc1. The Balaban J connectivity index is 0.000000112. The van der Waals surface area contributed by atoms with Crippen LogP contribution in [0.4, 0.5) is 0 Å². The first-order chi connectivity index (χ1) is 5.39. The quantitative estimate of drug-likeness (QED) is 0.578. The molecule has 0 aliphatic carbocycles. The zero-order valence-electron chi connectivity index (χ0n) is 6.05. The van der Waals surface area contributed by atoms with Gasteiger partial charge in [-0.1, -0.05) is 0 Å². The van der Waals surface area contributed by atoms with Gasteiger partial charge in [-0.3, -0.25) is 4.68 Å². The normalized spacial score (nSPS) is 8.36. The highest BCUT2D eigenvalue weighted by Gasteiger charge is 1.68. The molecule has 0 bridgehead atoms. The number of nitrogens with two attached hydrogens (primary N) is 1. The highest BCUT2D eigenvalue weighted by molar-refractivity contribution is 4.89. The van der Waals surface area contributed by atoms with E-state index in [0.29, 0.717) is 0 Å². The number of rotatable bonds is 0. The summed E-state index contributed by atoms with van der Waals surface area (Å²) in [7, 11) is 0. The van der Waals surface area contributed by atoms with E-state index in [-0.39, 0.29) is 0 Å². The van der Waals surface area contributed by atoms with Crippen molar-refractivity contribution in [2.45, 2.75) is 0 Å². The minimum atomic E-state index is 1.50. The van der Waals surface area contributed by atoms with Crippen molar-refractivity contribution in [2.75, 3.05) is 5.84 Å². The van der Waals surface area contributed by atoms with Crippen LogP contribution in [-0.4, -0.2) is 4.68 Å². The van der Waals surface area contributed by atoms with Crippen molar-refractivity contribution in [3.05, 3.63) is 49.2 Å². The van der Waals surface area contributed by atoms with Crippen molar-refractivity contribution in [3.8, 4) is 0 Å². The Bertz CT molecular complexity index is 230. The van der Waals surface area contributed by atoms with Gasteiger partial charge in [-0.2, -0.15) is 0 Å². The Hall–Kier alpha value is -1.64. The average Bonchev–Trinajstić information content (AvgIpc) is 2.57. The van der Waals surface area contributed by atoms with E-state index < -0.39 is 0 Å². The molecule has 0 fully saturated rings. The van der Waals surface area contributed by atoms with Gasteiger partial charge in [0.1, 0.15) is 0 Å². The van der Waals surface area contributed by atoms with Crippen LogP contribution in [-0.2, 0) is 0 Å². The molecular weight excluding hydrogens is 140 g/mol. The first kappa shape index (κ1) is 7.47. The van der Waals surface area contributed by atoms with Crippen LogP contribution in [0.15, 0.2) is 53.6 Å². The third-order valence-electron chi connectivity index (χ3n) is 1.05. The van der Waals surface area contributed by atoms with Crippen molar-refractivity contribution in [3.63, 3.8) is 0 Å². The van der Waals surface area contributed by atoms with E-state index in [9.17, 15) is 0 Å². The lowest BCUT2D eigenvalue weighted by atomic mass is 10.7. The Morgan fingerprint density at radius 1 is 0.909 bits per heavy atom. The predicted molar refractivity (Wildman–Crippen MR) is 43.3 cm³/mol. The molecule has 0 saturated heterocycles. The minimum absolute atomic E-state index is 1.50. The van der Waals surface area contributed by atoms with Gasteiger partial charge in [0.05, 0.1) is 12.5 Å². The maximum Gasteiger partial charge on any atom is 0.0902 e. The summed E-state index contributed by atoms with van der Waals surface area (Å²) in [6.07, 6.45) is 6.81. The molecule has 0 spiro atoms. The van der Waals surface area contributed by atoms with Crippen LogP contribution in [0.2, 0.25) is 0 Å². The van der Waals surface area contributed by atoms with Gasteiger partial charge in [-0.05, 0) is 24.3 Å². The Morgan fingerprint density at radius 3 is 1.64 bits per heavy atom. The first-order valence-electron chi connectivity index (χ1n) is 3.25. The van der Waals surface area contributed by atoms with E-state index >= 15 is 0 Å². The number of nitrogens with zero attached hydrogens (tertiary/aromatic N) is 1. The first-order valence-corrected chi connectivity index (χ1v) is 3.25. The van der Waals surface area contributed by atoms with Gasteiger partial charge in [0.25, 0.3) is 0 Å². The molecule has 2 aromatic heterocycles. The summed E-state index contributed by atoms with van der Waals surface area (Å²) < 4.78 is 6.08. The molecule has 3 nitrogen and oxygen atoms in total. The van der Waals surface area contributed by atoms with E-state index in [4.69, 9.17) is 5.84 Å². The fourth-order valence-corrected chi connectivity index (χ4v) is 0.575. The summed E-state index contributed by atoms with van der Waals surface area (Å²) in [6.45, 7) is 0. The van der Waals surface area contributed by atoms with E-state index in [1.165, 1.54) is 4.68 Å². The predicted octanol–water partition coefficient (Wildman–Crippen LogP) is 1.48. The summed E-state index contributed by atoms with van der Waals surface area (Å²) in [5.74, 6) is 5.19. The molecule has 0 amide bonds. The molecule has 0 saturated carbocycles. The van der Waals surface area contributed by atoms with Crippen LogP contribution >= 0.6 is 0 Å². The van der Waals surface area contributed by atoms with Gasteiger partial charge < -0.3 is 10.3 Å². The van der Waals surface area contributed by atoms with Crippen LogP contribution < -0.4 is 5.84 Å². The molecule has 11 heavy (non-hydrogen) atoms. The molecule has 0 aromatic carbocycles. The number of hydrogen-bond donors (Lipinski definition) is 1. The van der Waals surface area contributed by atoms with Gasteiger partial charge >= 0.3 is 0 Å². The molecule has 2 aromatic rings. The second kappa shape index (κ2) is 4.22. The van der Waals surface area contributed by atoms with Crippen molar-refractivity contribution in [1.29, 1.82) is 0 Å². The van der Waals surface area contributed by atoms with Gasteiger partial charge in [0.2, 0.25) is 0 Å². The second-order valence-electron chi connectivity index (χ2n) is 1.92. The Kier molecular flexibility index (Phi) is 2.86. The molecule has 2 heterocycles. The van der Waals surface area contributed by atoms with Crippen molar-refractivity contribution in [2.24, 2.45) is 0 Å². The largest absolute Gasteiger partial charge is 0.473 e. The number of nitrogen functional groups attached to an aromatic ring is 1. The highest BCUT2D eigenvalue weighted by Crippen LogP contribution is 1.79. The average molecular weight is 150 g/mol. The van der Waals surface area contributed by atoms with E-state index in [2.05, 4.69) is 4.42 Å². The van der Waals surface area contributed by atoms with Crippen LogP contribution in [0.1, 0.15) is 0 Å². The minimum Gasteiger partial charge on any atom is -0.473 e. The third kappa shape index (κ3) is 3.15. The van der Waals surface area contributed by atoms with E-state index in [1.807, 2.05) is 24.3 Å². The Morgan fingerprint density at radius 2 is 1.45 bits per heavy atom. The number of furan rings is 1. The second-order valence-corrected chi connectivity index (χ2v) is 1.92. The zero-order valence-corrected chi connectivity index (χ0v) is 6.05. The summed E-state index contributed by atoms with van der Waals surface area (Å²) in [5.41, 5.74) is 0. The van der Waals surface area contributed by atoms with E-state index in [1.54, 1.807) is 24.9 Å². The van der Waals surface area contributed by atoms with Gasteiger partial charge in [0, 0.05) is 12.4 Å². The molecule has 3 heteroatoms. The maximum absolute atomic E-state index is 5.19. The number of aromatic nitrogens is 1. The molecule has 0 atom stereocenters. The lowest BCUT2D eigenvalue weighted by Gasteiger charge is -1.81. The fraction of sp³-hybridized carbons (Fsp3) is 0. The maximum atomic E-state index is 5.19. The van der Waals surface area contributed by atoms with Gasteiger partial charge in [-0.25, -0.2) is 0 Å². The van der Waals surface area contributed by atoms with Crippen LogP contribution in [0, 0.1) is 0 Å². The zero-order chi connectivity index (χ0) is 7.94. The standard InChI is InChI=1S/C4H6N2.C4H4O/c5-6-3-1-2-4-6;1-2-4-5-3-1/h1-4H,5H2;1-4H. The summed E-state index contributed by atoms with van der Waals surface area (Å²) >= 11 is 0. The molecule has 58 valence electrons. The van der Waals surface area contributed by atoms with Gasteiger partial charge in [0.15, 0.2) is 0 Å². The molecule has 0 aliphatic rings. The molecule has 0 unspecified atom stereocenters. The Labute approximate surface area is 65.0 Å². The lowest BCUT2D eigenvalue weighted by molar-refractivity contribution is 0.567. The van der Waals surface area contributed by atoms with Crippen molar-refractivity contribution < 1.29 is 4.42 Å². The summed E-state index contributed by atoms with van der Waals surface area (Å²) in [5, 5.41) is 0. The topological polar surface area (TPSA) is 44.1 Å².